The molecule has 19 heavy (non-hydrogen) atoms. The van der Waals surface area contributed by atoms with Gasteiger partial charge in [-0.15, -0.1) is 0 Å². The minimum Gasteiger partial charge on any atom is -0.399 e. The van der Waals surface area contributed by atoms with Crippen LogP contribution in [0, 0.1) is 6.92 Å². The van der Waals surface area contributed by atoms with Gasteiger partial charge < -0.3 is 11.5 Å². The highest BCUT2D eigenvalue weighted by atomic mass is 32.2. The van der Waals surface area contributed by atoms with Crippen molar-refractivity contribution in [1.29, 1.82) is 0 Å². The summed E-state index contributed by atoms with van der Waals surface area (Å²) in [7, 11) is -4.32. The van der Waals surface area contributed by atoms with Gasteiger partial charge in [0.05, 0.1) is 0 Å². The fourth-order valence-corrected chi connectivity index (χ4v) is 2.50. The zero-order valence-electron chi connectivity index (χ0n) is 10.3. The van der Waals surface area contributed by atoms with E-state index in [1.807, 2.05) is 6.92 Å². The zero-order valence-corrected chi connectivity index (χ0v) is 11.1. The Morgan fingerprint density at radius 3 is 2.32 bits per heavy atom. The fourth-order valence-electron chi connectivity index (χ4n) is 1.81. The Labute approximate surface area is 111 Å². The molecule has 0 saturated carbocycles. The van der Waals surface area contributed by atoms with E-state index in [0.717, 1.165) is 5.56 Å². The molecule has 6 heteroatoms. The molecule has 0 bridgehead atoms. The van der Waals surface area contributed by atoms with Crippen LogP contribution in [0.15, 0.2) is 41.3 Å². The molecule has 0 amide bonds. The Kier molecular flexibility index (Phi) is 3.21. The Morgan fingerprint density at radius 1 is 1.05 bits per heavy atom. The molecule has 2 aromatic rings. The van der Waals surface area contributed by atoms with Crippen molar-refractivity contribution in [2.45, 2.75) is 11.8 Å². The lowest BCUT2D eigenvalue weighted by molar-refractivity contribution is 0.483. The summed E-state index contributed by atoms with van der Waals surface area (Å²) in [5, 5.41) is 0. The van der Waals surface area contributed by atoms with Gasteiger partial charge in [0.2, 0.25) is 0 Å². The van der Waals surface area contributed by atoms with Crippen LogP contribution in [0.3, 0.4) is 0 Å². The SMILES string of the molecule is Cc1ccc(-c2cc(N)ccc2S(=O)(=O)O)cc1N. The summed E-state index contributed by atoms with van der Waals surface area (Å²) in [6.45, 7) is 1.85. The second kappa shape index (κ2) is 4.56. The second-order valence-electron chi connectivity index (χ2n) is 4.30. The smallest absolute Gasteiger partial charge is 0.295 e. The van der Waals surface area contributed by atoms with Gasteiger partial charge in [-0.2, -0.15) is 8.42 Å². The van der Waals surface area contributed by atoms with Crippen LogP contribution in [-0.4, -0.2) is 13.0 Å². The molecular formula is C13H14N2O3S. The number of hydrogen-bond donors (Lipinski definition) is 3. The maximum absolute atomic E-state index is 11.4. The molecule has 0 aliphatic carbocycles. The molecule has 0 radical (unpaired) electrons. The van der Waals surface area contributed by atoms with Crippen LogP contribution in [0.4, 0.5) is 11.4 Å². The molecule has 0 aliphatic rings. The lowest BCUT2D eigenvalue weighted by Gasteiger charge is -2.10. The number of nitrogen functional groups attached to an aromatic ring is 2. The lowest BCUT2D eigenvalue weighted by Crippen LogP contribution is -2.02. The molecule has 0 saturated heterocycles. The van der Waals surface area contributed by atoms with Crippen LogP contribution < -0.4 is 11.5 Å². The molecule has 0 spiro atoms. The van der Waals surface area contributed by atoms with Crippen LogP contribution in [0.5, 0.6) is 0 Å². The van der Waals surface area contributed by atoms with Crippen molar-refractivity contribution >= 4 is 21.5 Å². The zero-order chi connectivity index (χ0) is 14.2. The van der Waals surface area contributed by atoms with Crippen molar-refractivity contribution in [3.8, 4) is 11.1 Å². The molecule has 5 nitrogen and oxygen atoms in total. The van der Waals surface area contributed by atoms with Crippen molar-refractivity contribution in [3.63, 3.8) is 0 Å². The van der Waals surface area contributed by atoms with E-state index in [-0.39, 0.29) is 4.90 Å². The van der Waals surface area contributed by atoms with E-state index in [1.54, 1.807) is 18.2 Å². The normalized spacial score (nSPS) is 11.5. The van der Waals surface area contributed by atoms with Gasteiger partial charge >= 0.3 is 0 Å². The van der Waals surface area contributed by atoms with Gasteiger partial charge in [0, 0.05) is 16.9 Å². The van der Waals surface area contributed by atoms with Gasteiger partial charge in [-0.3, -0.25) is 4.55 Å². The summed E-state index contributed by atoms with van der Waals surface area (Å²) in [5.41, 5.74) is 14.2. The summed E-state index contributed by atoms with van der Waals surface area (Å²) < 4.78 is 32.0. The average Bonchev–Trinajstić information content (AvgIpc) is 2.31. The molecule has 0 atom stereocenters. The Hall–Kier alpha value is -2.05. The second-order valence-corrected chi connectivity index (χ2v) is 5.69. The van der Waals surface area contributed by atoms with E-state index in [1.165, 1.54) is 18.2 Å². The van der Waals surface area contributed by atoms with Crippen molar-refractivity contribution in [2.24, 2.45) is 0 Å². The minimum absolute atomic E-state index is 0.190. The number of aryl methyl sites for hydroxylation is 1. The molecule has 2 aromatic carbocycles. The molecule has 2 rings (SSSR count). The molecule has 0 aliphatic heterocycles. The first kappa shape index (κ1) is 13.4. The van der Waals surface area contributed by atoms with Crippen molar-refractivity contribution in [2.75, 3.05) is 11.5 Å². The summed E-state index contributed by atoms with van der Waals surface area (Å²) >= 11 is 0. The summed E-state index contributed by atoms with van der Waals surface area (Å²) in [5.74, 6) is 0. The van der Waals surface area contributed by atoms with Crippen molar-refractivity contribution in [1.82, 2.24) is 0 Å². The predicted molar refractivity (Wildman–Crippen MR) is 75.3 cm³/mol. The van der Waals surface area contributed by atoms with Crippen LogP contribution in [0.2, 0.25) is 0 Å². The predicted octanol–water partition coefficient (Wildman–Crippen LogP) is 2.07. The largest absolute Gasteiger partial charge is 0.399 e. The van der Waals surface area contributed by atoms with E-state index in [0.29, 0.717) is 22.5 Å². The van der Waals surface area contributed by atoms with E-state index < -0.39 is 10.1 Å². The number of nitrogens with two attached hydrogens (primary N) is 2. The quantitative estimate of drug-likeness (QED) is 0.576. The van der Waals surface area contributed by atoms with E-state index in [4.69, 9.17) is 11.5 Å². The molecule has 0 aromatic heterocycles. The number of hydrogen-bond acceptors (Lipinski definition) is 4. The Bertz CT molecular complexity index is 740. The molecular weight excluding hydrogens is 264 g/mol. The Balaban J connectivity index is 2.73. The fraction of sp³-hybridized carbons (Fsp3) is 0.0769. The van der Waals surface area contributed by atoms with Crippen LogP contribution in [0.1, 0.15) is 5.56 Å². The number of anilines is 2. The average molecular weight is 278 g/mol. The van der Waals surface area contributed by atoms with Gasteiger partial charge in [-0.05, 0) is 42.3 Å². The third kappa shape index (κ3) is 2.69. The monoisotopic (exact) mass is 278 g/mol. The lowest BCUT2D eigenvalue weighted by atomic mass is 10.0. The highest BCUT2D eigenvalue weighted by molar-refractivity contribution is 7.86. The highest BCUT2D eigenvalue weighted by Gasteiger charge is 2.17. The van der Waals surface area contributed by atoms with Gasteiger partial charge in [0.15, 0.2) is 0 Å². The topological polar surface area (TPSA) is 106 Å². The summed E-state index contributed by atoms with van der Waals surface area (Å²) in [4.78, 5) is -0.190. The third-order valence-corrected chi connectivity index (χ3v) is 3.78. The molecule has 100 valence electrons. The summed E-state index contributed by atoms with van der Waals surface area (Å²) in [6, 6.07) is 9.35. The van der Waals surface area contributed by atoms with Crippen molar-refractivity contribution in [3.05, 3.63) is 42.0 Å². The van der Waals surface area contributed by atoms with Gasteiger partial charge in [0.25, 0.3) is 10.1 Å². The highest BCUT2D eigenvalue weighted by Crippen LogP contribution is 2.31. The first-order chi connectivity index (χ1) is 8.79. The Morgan fingerprint density at radius 2 is 1.74 bits per heavy atom. The van der Waals surface area contributed by atoms with E-state index >= 15 is 0 Å². The first-order valence-corrected chi connectivity index (χ1v) is 6.96. The van der Waals surface area contributed by atoms with E-state index in [2.05, 4.69) is 0 Å². The van der Waals surface area contributed by atoms with Crippen LogP contribution >= 0.6 is 0 Å². The van der Waals surface area contributed by atoms with Gasteiger partial charge in [-0.1, -0.05) is 12.1 Å². The van der Waals surface area contributed by atoms with E-state index in [9.17, 15) is 13.0 Å². The van der Waals surface area contributed by atoms with Crippen molar-refractivity contribution < 1.29 is 13.0 Å². The molecule has 0 heterocycles. The maximum Gasteiger partial charge on any atom is 0.295 e. The number of benzene rings is 2. The van der Waals surface area contributed by atoms with Gasteiger partial charge in [0.1, 0.15) is 4.90 Å². The molecule has 0 unspecified atom stereocenters. The van der Waals surface area contributed by atoms with Crippen LogP contribution in [-0.2, 0) is 10.1 Å². The standard InChI is InChI=1S/C13H14N2O3S/c1-8-2-3-9(6-12(8)15)11-7-10(14)4-5-13(11)19(16,17)18/h2-7H,14-15H2,1H3,(H,16,17,18). The first-order valence-electron chi connectivity index (χ1n) is 5.52. The third-order valence-electron chi connectivity index (χ3n) is 2.87. The molecule has 5 N–H and O–H groups in total. The van der Waals surface area contributed by atoms with Crippen LogP contribution in [0.25, 0.3) is 11.1 Å². The minimum atomic E-state index is -4.32. The summed E-state index contributed by atoms with van der Waals surface area (Å²) in [6.07, 6.45) is 0. The molecule has 0 fully saturated rings. The number of rotatable bonds is 2. The van der Waals surface area contributed by atoms with Gasteiger partial charge in [-0.25, -0.2) is 0 Å². The maximum atomic E-state index is 11.4.